The number of aromatic nitrogens is 2. The first-order valence-electron chi connectivity index (χ1n) is 6.67. The minimum Gasteiger partial charge on any atom is -0.383 e. The zero-order valence-corrected chi connectivity index (χ0v) is 11.6. The van der Waals surface area contributed by atoms with Crippen molar-refractivity contribution in [2.75, 3.05) is 32.6 Å². The molecule has 0 amide bonds. The Balaban J connectivity index is 1.84. The van der Waals surface area contributed by atoms with E-state index in [1.807, 2.05) is 10.9 Å². The average molecular weight is 252 g/mol. The summed E-state index contributed by atoms with van der Waals surface area (Å²) in [4.78, 5) is 2.42. The Bertz CT molecular complexity index is 366. The zero-order chi connectivity index (χ0) is 13.0. The Morgan fingerprint density at radius 3 is 3.11 bits per heavy atom. The number of hydrogen-bond acceptors (Lipinski definition) is 4. The first-order chi connectivity index (χ1) is 8.69. The van der Waals surface area contributed by atoms with E-state index in [0.29, 0.717) is 18.7 Å². The van der Waals surface area contributed by atoms with Gasteiger partial charge in [0, 0.05) is 31.9 Å². The molecule has 1 fully saturated rings. The first-order valence-corrected chi connectivity index (χ1v) is 6.67. The number of nitrogens with zero attached hydrogens (tertiary/aromatic N) is 3. The van der Waals surface area contributed by atoms with E-state index in [2.05, 4.69) is 35.5 Å². The lowest BCUT2D eigenvalue weighted by Crippen LogP contribution is -2.42. The molecule has 0 radical (unpaired) electrons. The molecule has 2 atom stereocenters. The Hall–Kier alpha value is -1.07. The number of rotatable bonds is 5. The third-order valence-corrected chi connectivity index (χ3v) is 3.74. The second-order valence-corrected chi connectivity index (χ2v) is 5.18. The van der Waals surface area contributed by atoms with Crippen molar-refractivity contribution in [1.82, 2.24) is 14.7 Å². The number of hydrogen-bond donors (Lipinski definition) is 1. The van der Waals surface area contributed by atoms with E-state index in [4.69, 9.17) is 4.74 Å². The Labute approximate surface area is 109 Å². The van der Waals surface area contributed by atoms with Crippen LogP contribution in [0.3, 0.4) is 0 Å². The van der Waals surface area contributed by atoms with Crippen molar-refractivity contribution in [3.8, 4) is 0 Å². The van der Waals surface area contributed by atoms with E-state index < -0.39 is 0 Å². The van der Waals surface area contributed by atoms with Crippen LogP contribution in [0.15, 0.2) is 12.4 Å². The molecule has 2 rings (SSSR count). The minimum absolute atomic E-state index is 0.566. The van der Waals surface area contributed by atoms with Crippen molar-refractivity contribution in [3.05, 3.63) is 12.4 Å². The van der Waals surface area contributed by atoms with Gasteiger partial charge in [-0.2, -0.15) is 5.10 Å². The molecule has 2 heterocycles. The smallest absolute Gasteiger partial charge is 0.0728 e. The van der Waals surface area contributed by atoms with Gasteiger partial charge in [-0.15, -0.1) is 0 Å². The summed E-state index contributed by atoms with van der Waals surface area (Å²) in [5.74, 6) is 0. The van der Waals surface area contributed by atoms with Crippen molar-refractivity contribution in [1.29, 1.82) is 0 Å². The zero-order valence-electron chi connectivity index (χ0n) is 11.6. The number of likely N-dealkylation sites (tertiary alicyclic amines) is 1. The summed E-state index contributed by atoms with van der Waals surface area (Å²) < 4.78 is 6.96. The van der Waals surface area contributed by atoms with Gasteiger partial charge in [0.2, 0.25) is 0 Å². The highest BCUT2D eigenvalue weighted by Crippen LogP contribution is 2.19. The predicted octanol–water partition coefficient (Wildman–Crippen LogP) is 1.42. The van der Waals surface area contributed by atoms with Crippen LogP contribution in [0, 0.1) is 0 Å². The summed E-state index contributed by atoms with van der Waals surface area (Å²) >= 11 is 0. The molecule has 2 unspecified atom stereocenters. The SMILES string of the molecule is COCCn1cc(NC2CCN(C)C(C)C2)cn1. The summed E-state index contributed by atoms with van der Waals surface area (Å²) in [6.45, 7) is 4.96. The molecule has 1 aliphatic heterocycles. The van der Waals surface area contributed by atoms with Crippen LogP contribution in [0.2, 0.25) is 0 Å². The van der Waals surface area contributed by atoms with Crippen molar-refractivity contribution < 1.29 is 4.74 Å². The van der Waals surface area contributed by atoms with Gasteiger partial charge in [-0.05, 0) is 26.8 Å². The molecule has 0 aliphatic carbocycles. The van der Waals surface area contributed by atoms with Crippen LogP contribution in [0.4, 0.5) is 5.69 Å². The molecule has 1 aromatic rings. The number of methoxy groups -OCH3 is 1. The summed E-state index contributed by atoms with van der Waals surface area (Å²) in [7, 11) is 3.91. The molecular formula is C13H24N4O. The fourth-order valence-electron chi connectivity index (χ4n) is 2.40. The molecule has 0 aromatic carbocycles. The monoisotopic (exact) mass is 252 g/mol. The first kappa shape index (κ1) is 13.4. The van der Waals surface area contributed by atoms with Crippen molar-refractivity contribution in [2.24, 2.45) is 0 Å². The summed E-state index contributed by atoms with van der Waals surface area (Å²) in [6, 6.07) is 1.22. The molecule has 1 aromatic heterocycles. The lowest BCUT2D eigenvalue weighted by atomic mass is 9.99. The Morgan fingerprint density at radius 1 is 1.56 bits per heavy atom. The molecule has 5 heteroatoms. The molecule has 5 nitrogen and oxygen atoms in total. The van der Waals surface area contributed by atoms with Crippen LogP contribution in [-0.2, 0) is 11.3 Å². The molecule has 18 heavy (non-hydrogen) atoms. The van der Waals surface area contributed by atoms with Crippen molar-refractivity contribution >= 4 is 5.69 Å². The molecule has 0 bridgehead atoms. The average Bonchev–Trinajstić information content (AvgIpc) is 2.79. The summed E-state index contributed by atoms with van der Waals surface area (Å²) in [5.41, 5.74) is 1.12. The molecule has 1 saturated heterocycles. The third-order valence-electron chi connectivity index (χ3n) is 3.74. The van der Waals surface area contributed by atoms with Gasteiger partial charge in [0.15, 0.2) is 0 Å². The van der Waals surface area contributed by atoms with E-state index in [1.165, 1.54) is 12.8 Å². The van der Waals surface area contributed by atoms with Crippen LogP contribution >= 0.6 is 0 Å². The van der Waals surface area contributed by atoms with Crippen LogP contribution in [0.5, 0.6) is 0 Å². The number of anilines is 1. The second kappa shape index (κ2) is 6.20. The summed E-state index contributed by atoms with van der Waals surface area (Å²) in [5, 5.41) is 7.89. The number of piperidine rings is 1. The number of ether oxygens (including phenoxy) is 1. The van der Waals surface area contributed by atoms with Crippen LogP contribution in [0.1, 0.15) is 19.8 Å². The highest BCUT2D eigenvalue weighted by Gasteiger charge is 2.22. The van der Waals surface area contributed by atoms with E-state index in [0.717, 1.165) is 18.8 Å². The predicted molar refractivity (Wildman–Crippen MR) is 72.8 cm³/mol. The maximum Gasteiger partial charge on any atom is 0.0728 e. The molecule has 1 N–H and O–H groups in total. The van der Waals surface area contributed by atoms with Gasteiger partial charge in [0.05, 0.1) is 25.0 Å². The lowest BCUT2D eigenvalue weighted by molar-refractivity contribution is 0.183. The van der Waals surface area contributed by atoms with Gasteiger partial charge in [-0.1, -0.05) is 0 Å². The molecular weight excluding hydrogens is 228 g/mol. The molecule has 0 saturated carbocycles. The second-order valence-electron chi connectivity index (χ2n) is 5.18. The standard InChI is InChI=1S/C13H24N4O/c1-11-8-12(4-5-16(11)2)15-13-9-14-17(10-13)6-7-18-3/h9-12,15H,4-8H2,1-3H3. The Kier molecular flexibility index (Phi) is 4.60. The van der Waals surface area contributed by atoms with Crippen LogP contribution in [0.25, 0.3) is 0 Å². The maximum absolute atomic E-state index is 5.04. The normalized spacial score (nSPS) is 25.3. The maximum atomic E-state index is 5.04. The topological polar surface area (TPSA) is 42.3 Å². The largest absolute Gasteiger partial charge is 0.383 e. The fraction of sp³-hybridized carbons (Fsp3) is 0.769. The molecule has 102 valence electrons. The van der Waals surface area contributed by atoms with Gasteiger partial charge in [0.1, 0.15) is 0 Å². The minimum atomic E-state index is 0.566. The van der Waals surface area contributed by atoms with Crippen LogP contribution < -0.4 is 5.32 Å². The molecule has 0 spiro atoms. The highest BCUT2D eigenvalue weighted by atomic mass is 16.5. The van der Waals surface area contributed by atoms with Crippen molar-refractivity contribution in [3.63, 3.8) is 0 Å². The Morgan fingerprint density at radius 2 is 2.39 bits per heavy atom. The van der Waals surface area contributed by atoms with Gasteiger partial charge in [-0.3, -0.25) is 4.68 Å². The van der Waals surface area contributed by atoms with E-state index in [9.17, 15) is 0 Å². The third kappa shape index (κ3) is 3.46. The van der Waals surface area contributed by atoms with Gasteiger partial charge in [0.25, 0.3) is 0 Å². The molecule has 1 aliphatic rings. The van der Waals surface area contributed by atoms with E-state index in [1.54, 1.807) is 7.11 Å². The lowest BCUT2D eigenvalue weighted by Gasteiger charge is -2.35. The van der Waals surface area contributed by atoms with Crippen LogP contribution in [-0.4, -0.2) is 54.1 Å². The summed E-state index contributed by atoms with van der Waals surface area (Å²) in [6.07, 6.45) is 6.35. The highest BCUT2D eigenvalue weighted by molar-refractivity contribution is 5.39. The van der Waals surface area contributed by atoms with Gasteiger partial charge >= 0.3 is 0 Å². The van der Waals surface area contributed by atoms with E-state index in [-0.39, 0.29) is 0 Å². The number of nitrogens with one attached hydrogen (secondary N) is 1. The van der Waals surface area contributed by atoms with Crippen molar-refractivity contribution in [2.45, 2.75) is 38.4 Å². The van der Waals surface area contributed by atoms with Gasteiger partial charge < -0.3 is 15.0 Å². The van der Waals surface area contributed by atoms with Gasteiger partial charge in [-0.25, -0.2) is 0 Å². The fourth-order valence-corrected chi connectivity index (χ4v) is 2.40. The van der Waals surface area contributed by atoms with E-state index >= 15 is 0 Å². The quantitative estimate of drug-likeness (QED) is 0.860.